The third-order valence-electron chi connectivity index (χ3n) is 3.15. The topological polar surface area (TPSA) is 114 Å². The van der Waals surface area contributed by atoms with E-state index in [4.69, 9.17) is 11.6 Å². The van der Waals surface area contributed by atoms with E-state index in [-0.39, 0.29) is 10.7 Å². The number of nitro groups is 1. The van der Waals surface area contributed by atoms with Crippen LogP contribution < -0.4 is 10.7 Å². The Bertz CT molecular complexity index is 867. The van der Waals surface area contributed by atoms with Gasteiger partial charge in [-0.2, -0.15) is 5.10 Å². The zero-order valence-electron chi connectivity index (χ0n) is 13.0. The van der Waals surface area contributed by atoms with E-state index < -0.39 is 16.7 Å². The zero-order valence-corrected chi connectivity index (χ0v) is 13.8. The Morgan fingerprint density at radius 3 is 2.60 bits per heavy atom. The van der Waals surface area contributed by atoms with Gasteiger partial charge in [-0.3, -0.25) is 19.7 Å². The van der Waals surface area contributed by atoms with E-state index in [2.05, 4.69) is 10.4 Å². The summed E-state index contributed by atoms with van der Waals surface area (Å²) in [6.45, 7) is 1.79. The standard InChI is InChI=1S/C16H13ClN4O4/c1-10-4-2-3-5-13(10)19-15(22)16(23)20-18-9-11-6-7-12(17)14(8-11)21(24)25/h2-9H,1H3,(H,19,22)(H,20,23)/b18-9+. The van der Waals surface area contributed by atoms with Crippen molar-refractivity contribution in [1.29, 1.82) is 0 Å². The van der Waals surface area contributed by atoms with E-state index in [1.54, 1.807) is 31.2 Å². The van der Waals surface area contributed by atoms with Crippen molar-refractivity contribution in [3.05, 3.63) is 68.7 Å². The second-order valence-corrected chi connectivity index (χ2v) is 5.34. The number of hydrazone groups is 1. The number of hydrogen-bond donors (Lipinski definition) is 2. The molecule has 0 heterocycles. The summed E-state index contributed by atoms with van der Waals surface area (Å²) in [5.41, 5.74) is 3.43. The highest BCUT2D eigenvalue weighted by Gasteiger charge is 2.14. The summed E-state index contributed by atoms with van der Waals surface area (Å²) in [5.74, 6) is -1.85. The van der Waals surface area contributed by atoms with Crippen LogP contribution in [0.3, 0.4) is 0 Å². The van der Waals surface area contributed by atoms with Gasteiger partial charge in [-0.05, 0) is 24.6 Å². The highest BCUT2D eigenvalue weighted by Crippen LogP contribution is 2.24. The molecule has 2 N–H and O–H groups in total. The lowest BCUT2D eigenvalue weighted by Gasteiger charge is -2.06. The van der Waals surface area contributed by atoms with E-state index in [9.17, 15) is 19.7 Å². The van der Waals surface area contributed by atoms with E-state index in [1.807, 2.05) is 5.43 Å². The van der Waals surface area contributed by atoms with Gasteiger partial charge < -0.3 is 5.32 Å². The summed E-state index contributed by atoms with van der Waals surface area (Å²) in [6.07, 6.45) is 1.17. The molecule has 0 aromatic heterocycles. The van der Waals surface area contributed by atoms with Crippen molar-refractivity contribution in [2.24, 2.45) is 5.10 Å². The minimum absolute atomic E-state index is 0.0104. The molecule has 0 atom stereocenters. The lowest BCUT2D eigenvalue weighted by atomic mass is 10.2. The minimum atomic E-state index is -0.969. The fourth-order valence-electron chi connectivity index (χ4n) is 1.86. The third kappa shape index (κ3) is 4.85. The summed E-state index contributed by atoms with van der Waals surface area (Å²) in [7, 11) is 0. The second kappa shape index (κ2) is 8.02. The molecule has 2 amide bonds. The zero-order chi connectivity index (χ0) is 18.4. The molecule has 0 aliphatic heterocycles. The number of nitrogens with one attached hydrogen (secondary N) is 2. The Kier molecular flexibility index (Phi) is 5.80. The number of rotatable bonds is 4. The number of nitro benzene ring substituents is 1. The first kappa shape index (κ1) is 18.1. The summed E-state index contributed by atoms with van der Waals surface area (Å²) in [4.78, 5) is 33.7. The number of anilines is 1. The lowest BCUT2D eigenvalue weighted by molar-refractivity contribution is -0.384. The maximum absolute atomic E-state index is 11.8. The Hall–Kier alpha value is -3.26. The molecule has 0 saturated heterocycles. The van der Waals surface area contributed by atoms with Crippen molar-refractivity contribution in [3.63, 3.8) is 0 Å². The SMILES string of the molecule is Cc1ccccc1NC(=O)C(=O)N/N=C/c1ccc(Cl)c([N+](=O)[O-])c1. The van der Waals surface area contributed by atoms with Gasteiger partial charge in [-0.1, -0.05) is 35.9 Å². The predicted octanol–water partition coefficient (Wildman–Crippen LogP) is 2.65. The van der Waals surface area contributed by atoms with Crippen LogP contribution in [-0.4, -0.2) is 23.0 Å². The average Bonchev–Trinajstić information content (AvgIpc) is 2.58. The number of aryl methyl sites for hydroxylation is 1. The van der Waals surface area contributed by atoms with Gasteiger partial charge in [0, 0.05) is 17.3 Å². The van der Waals surface area contributed by atoms with Crippen molar-refractivity contribution in [1.82, 2.24) is 5.43 Å². The van der Waals surface area contributed by atoms with Crippen LogP contribution in [0.4, 0.5) is 11.4 Å². The van der Waals surface area contributed by atoms with Crippen LogP contribution >= 0.6 is 11.6 Å². The van der Waals surface area contributed by atoms with E-state index in [0.717, 1.165) is 5.56 Å². The monoisotopic (exact) mass is 360 g/mol. The molecule has 128 valence electrons. The molecule has 0 aliphatic carbocycles. The molecule has 9 heteroatoms. The van der Waals surface area contributed by atoms with Crippen LogP contribution in [0.1, 0.15) is 11.1 Å². The van der Waals surface area contributed by atoms with Gasteiger partial charge in [0.2, 0.25) is 0 Å². The first-order chi connectivity index (χ1) is 11.9. The quantitative estimate of drug-likeness (QED) is 0.377. The molecule has 0 unspecified atom stereocenters. The average molecular weight is 361 g/mol. The number of halogens is 1. The van der Waals surface area contributed by atoms with Gasteiger partial charge in [0.05, 0.1) is 11.1 Å². The highest BCUT2D eigenvalue weighted by molar-refractivity contribution is 6.39. The lowest BCUT2D eigenvalue weighted by Crippen LogP contribution is -2.32. The van der Waals surface area contributed by atoms with E-state index >= 15 is 0 Å². The molecule has 0 radical (unpaired) electrons. The van der Waals surface area contributed by atoms with E-state index in [1.165, 1.54) is 24.4 Å². The number of carbonyl (C=O) groups is 2. The van der Waals surface area contributed by atoms with Crippen LogP contribution in [0.25, 0.3) is 0 Å². The number of nitrogens with zero attached hydrogens (tertiary/aromatic N) is 2. The number of carbonyl (C=O) groups excluding carboxylic acids is 2. The Labute approximate surface area is 147 Å². The van der Waals surface area contributed by atoms with Gasteiger partial charge in [-0.15, -0.1) is 0 Å². The molecule has 2 rings (SSSR count). The molecule has 0 fully saturated rings. The highest BCUT2D eigenvalue weighted by atomic mass is 35.5. The second-order valence-electron chi connectivity index (χ2n) is 4.94. The first-order valence-corrected chi connectivity index (χ1v) is 7.40. The Morgan fingerprint density at radius 1 is 1.20 bits per heavy atom. The fourth-order valence-corrected chi connectivity index (χ4v) is 2.04. The van der Waals surface area contributed by atoms with Crippen molar-refractivity contribution in [2.75, 3.05) is 5.32 Å². The van der Waals surface area contributed by atoms with Gasteiger partial charge in [0.1, 0.15) is 5.02 Å². The minimum Gasteiger partial charge on any atom is -0.317 e. The van der Waals surface area contributed by atoms with Crippen LogP contribution in [-0.2, 0) is 9.59 Å². The van der Waals surface area contributed by atoms with Crippen LogP contribution in [0.15, 0.2) is 47.6 Å². The summed E-state index contributed by atoms with van der Waals surface area (Å²) < 4.78 is 0. The summed E-state index contributed by atoms with van der Waals surface area (Å²) in [6, 6.07) is 11.0. The maximum atomic E-state index is 11.8. The smallest absolute Gasteiger partial charge is 0.317 e. The van der Waals surface area contributed by atoms with Crippen molar-refractivity contribution in [3.8, 4) is 0 Å². The van der Waals surface area contributed by atoms with Gasteiger partial charge in [0.15, 0.2) is 0 Å². The van der Waals surface area contributed by atoms with Crippen molar-refractivity contribution >= 4 is 41.0 Å². The van der Waals surface area contributed by atoms with Crippen LogP contribution in [0.2, 0.25) is 5.02 Å². The molecule has 0 aliphatic rings. The van der Waals surface area contributed by atoms with Crippen molar-refractivity contribution < 1.29 is 14.5 Å². The summed E-state index contributed by atoms with van der Waals surface area (Å²) >= 11 is 5.70. The molecular weight excluding hydrogens is 348 g/mol. The van der Waals surface area contributed by atoms with Gasteiger partial charge in [0.25, 0.3) is 5.69 Å². The predicted molar refractivity (Wildman–Crippen MR) is 93.7 cm³/mol. The maximum Gasteiger partial charge on any atom is 0.329 e. The largest absolute Gasteiger partial charge is 0.329 e. The van der Waals surface area contributed by atoms with E-state index in [0.29, 0.717) is 11.3 Å². The van der Waals surface area contributed by atoms with Gasteiger partial charge >= 0.3 is 11.8 Å². The number of benzene rings is 2. The number of hydrogen-bond acceptors (Lipinski definition) is 5. The molecule has 0 spiro atoms. The number of para-hydroxylation sites is 1. The Balaban J connectivity index is 1.98. The molecular formula is C16H13ClN4O4. The molecule has 2 aromatic rings. The van der Waals surface area contributed by atoms with Gasteiger partial charge in [-0.25, -0.2) is 5.43 Å². The molecule has 0 saturated carbocycles. The van der Waals surface area contributed by atoms with Crippen LogP contribution in [0, 0.1) is 17.0 Å². The van der Waals surface area contributed by atoms with Crippen molar-refractivity contribution in [2.45, 2.75) is 6.92 Å². The Morgan fingerprint density at radius 2 is 1.92 bits per heavy atom. The normalized spacial score (nSPS) is 10.5. The molecule has 25 heavy (non-hydrogen) atoms. The molecule has 8 nitrogen and oxygen atoms in total. The summed E-state index contributed by atoms with van der Waals surface area (Å²) in [5, 5.41) is 16.9. The number of amides is 2. The third-order valence-corrected chi connectivity index (χ3v) is 3.47. The van der Waals surface area contributed by atoms with Crippen LogP contribution in [0.5, 0.6) is 0 Å². The molecule has 0 bridgehead atoms. The fraction of sp³-hybridized carbons (Fsp3) is 0.0625. The molecule has 2 aromatic carbocycles. The first-order valence-electron chi connectivity index (χ1n) is 7.02.